The van der Waals surface area contributed by atoms with Gasteiger partial charge in [0.15, 0.2) is 0 Å². The van der Waals surface area contributed by atoms with Crippen LogP contribution in [0.25, 0.3) is 10.9 Å². The summed E-state index contributed by atoms with van der Waals surface area (Å²) in [7, 11) is 1.96. The Kier molecular flexibility index (Phi) is 3.81. The Bertz CT molecular complexity index is 974. The van der Waals surface area contributed by atoms with E-state index in [0.717, 1.165) is 72.0 Å². The Labute approximate surface area is 157 Å². The molecule has 0 spiro atoms. The van der Waals surface area contributed by atoms with Gasteiger partial charge in [0.05, 0.1) is 34.2 Å². The van der Waals surface area contributed by atoms with Gasteiger partial charge in [-0.1, -0.05) is 17.7 Å². The van der Waals surface area contributed by atoms with Crippen LogP contribution in [-0.4, -0.2) is 36.1 Å². The number of nitrogens with zero attached hydrogens (tertiary/aromatic N) is 5. The molecule has 136 valence electrons. The third-order valence-corrected chi connectivity index (χ3v) is 5.86. The van der Waals surface area contributed by atoms with E-state index in [0.29, 0.717) is 5.92 Å². The van der Waals surface area contributed by atoms with Crippen molar-refractivity contribution in [1.29, 1.82) is 0 Å². The summed E-state index contributed by atoms with van der Waals surface area (Å²) in [5, 5.41) is 21.5. The van der Waals surface area contributed by atoms with Crippen LogP contribution in [0.15, 0.2) is 24.3 Å². The zero-order valence-corrected chi connectivity index (χ0v) is 15.5. The molecule has 3 aromatic rings. The smallest absolute Gasteiger partial charge is 0.101 e. The van der Waals surface area contributed by atoms with Crippen LogP contribution in [-0.2, 0) is 26.7 Å². The van der Waals surface area contributed by atoms with E-state index in [1.807, 2.05) is 28.5 Å². The maximum absolute atomic E-state index is 10.3. The molecule has 0 unspecified atom stereocenters. The van der Waals surface area contributed by atoms with Crippen LogP contribution in [0, 0.1) is 5.92 Å². The Morgan fingerprint density at radius 1 is 1.27 bits per heavy atom. The number of benzene rings is 1. The average molecular weight is 372 g/mol. The molecule has 1 aliphatic heterocycles. The molecule has 2 aliphatic rings. The highest BCUT2D eigenvalue weighted by Gasteiger charge is 2.33. The van der Waals surface area contributed by atoms with Crippen molar-refractivity contribution in [2.45, 2.75) is 38.6 Å². The van der Waals surface area contributed by atoms with E-state index in [2.05, 4.69) is 22.1 Å². The SMILES string of the molecule is Cn1nc(CN2CCn3nc([C@H](O)C4CC4)cc3C2)c2c(Cl)cccc21. The first-order valence-electron chi connectivity index (χ1n) is 9.17. The summed E-state index contributed by atoms with van der Waals surface area (Å²) in [5.74, 6) is 0.407. The van der Waals surface area contributed by atoms with Crippen LogP contribution in [0.2, 0.25) is 5.02 Å². The number of fused-ring (bicyclic) bond motifs is 2. The van der Waals surface area contributed by atoms with Crippen LogP contribution >= 0.6 is 11.6 Å². The van der Waals surface area contributed by atoms with Gasteiger partial charge in [0.2, 0.25) is 0 Å². The summed E-state index contributed by atoms with van der Waals surface area (Å²) in [6.07, 6.45) is 1.83. The normalized spacial score (nSPS) is 19.0. The van der Waals surface area contributed by atoms with Crippen molar-refractivity contribution in [3.05, 3.63) is 46.4 Å². The Morgan fingerprint density at radius 2 is 2.12 bits per heavy atom. The summed E-state index contributed by atoms with van der Waals surface area (Å²) in [5.41, 5.74) is 4.07. The molecule has 2 aromatic heterocycles. The van der Waals surface area contributed by atoms with Crippen LogP contribution in [0.5, 0.6) is 0 Å². The number of aromatic nitrogens is 4. The van der Waals surface area contributed by atoms with Gasteiger partial charge >= 0.3 is 0 Å². The van der Waals surface area contributed by atoms with E-state index in [9.17, 15) is 5.11 Å². The average Bonchev–Trinajstić information content (AvgIpc) is 3.31. The molecule has 6 nitrogen and oxygen atoms in total. The molecule has 1 atom stereocenters. The Morgan fingerprint density at radius 3 is 2.92 bits per heavy atom. The van der Waals surface area contributed by atoms with Gasteiger partial charge in [0.25, 0.3) is 0 Å². The van der Waals surface area contributed by atoms with Crippen LogP contribution in [0.1, 0.15) is 36.0 Å². The minimum atomic E-state index is -0.403. The van der Waals surface area contributed by atoms with Crippen LogP contribution in [0.4, 0.5) is 0 Å². The van der Waals surface area contributed by atoms with Crippen molar-refractivity contribution < 1.29 is 5.11 Å². The van der Waals surface area contributed by atoms with Gasteiger partial charge in [-0.05, 0) is 37.0 Å². The Hall–Kier alpha value is -1.89. The number of hydrogen-bond donors (Lipinski definition) is 1. The lowest BCUT2D eigenvalue weighted by Crippen LogP contribution is -2.33. The van der Waals surface area contributed by atoms with Gasteiger partial charge < -0.3 is 5.11 Å². The second-order valence-electron chi connectivity index (χ2n) is 7.48. The minimum Gasteiger partial charge on any atom is -0.386 e. The standard InChI is InChI=1S/C19H22ClN5O/c1-23-17-4-2-3-14(20)18(17)16(21-23)11-24-7-8-25-13(10-24)9-15(22-25)19(26)12-5-6-12/h2-4,9,12,19,26H,5-8,10-11H2,1H3/t19-/m1/s1. The predicted molar refractivity (Wildman–Crippen MR) is 99.7 cm³/mol. The first-order chi connectivity index (χ1) is 12.6. The van der Waals surface area contributed by atoms with Crippen molar-refractivity contribution >= 4 is 22.5 Å². The van der Waals surface area contributed by atoms with Gasteiger partial charge in [-0.25, -0.2) is 0 Å². The molecule has 1 aliphatic carbocycles. The molecular formula is C19H22ClN5O. The van der Waals surface area contributed by atoms with E-state index in [1.54, 1.807) is 0 Å². The fraction of sp³-hybridized carbons (Fsp3) is 0.474. The molecule has 26 heavy (non-hydrogen) atoms. The van der Waals surface area contributed by atoms with Gasteiger partial charge in [-0.2, -0.15) is 10.2 Å². The molecule has 0 radical (unpaired) electrons. The molecule has 5 rings (SSSR count). The van der Waals surface area contributed by atoms with E-state index >= 15 is 0 Å². The lowest BCUT2D eigenvalue weighted by Gasteiger charge is -2.26. The summed E-state index contributed by atoms with van der Waals surface area (Å²) in [6.45, 7) is 3.32. The minimum absolute atomic E-state index is 0.403. The number of aliphatic hydroxyl groups excluding tert-OH is 1. The lowest BCUT2D eigenvalue weighted by atomic mass is 10.1. The second-order valence-corrected chi connectivity index (χ2v) is 7.89. The summed E-state index contributed by atoms with van der Waals surface area (Å²) < 4.78 is 3.94. The van der Waals surface area contributed by atoms with Gasteiger partial charge in [0.1, 0.15) is 6.10 Å². The first-order valence-corrected chi connectivity index (χ1v) is 9.55. The summed E-state index contributed by atoms with van der Waals surface area (Å²) >= 11 is 6.43. The molecule has 0 saturated heterocycles. The van der Waals surface area contributed by atoms with E-state index in [4.69, 9.17) is 16.7 Å². The lowest BCUT2D eigenvalue weighted by molar-refractivity contribution is 0.147. The number of aryl methyl sites for hydroxylation is 1. The molecular weight excluding hydrogens is 350 g/mol. The number of rotatable bonds is 4. The van der Waals surface area contributed by atoms with Crippen molar-refractivity contribution in [3.63, 3.8) is 0 Å². The van der Waals surface area contributed by atoms with Crippen molar-refractivity contribution in [2.75, 3.05) is 6.54 Å². The quantitative estimate of drug-likeness (QED) is 0.766. The molecule has 0 bridgehead atoms. The largest absolute Gasteiger partial charge is 0.386 e. The molecule has 3 heterocycles. The highest BCUT2D eigenvalue weighted by Crippen LogP contribution is 2.40. The van der Waals surface area contributed by atoms with Crippen molar-refractivity contribution in [3.8, 4) is 0 Å². The third kappa shape index (κ3) is 2.73. The predicted octanol–water partition coefficient (Wildman–Crippen LogP) is 2.88. The topological polar surface area (TPSA) is 59.1 Å². The third-order valence-electron chi connectivity index (χ3n) is 5.54. The second kappa shape index (κ2) is 6.08. The fourth-order valence-electron chi connectivity index (χ4n) is 3.95. The zero-order valence-electron chi connectivity index (χ0n) is 14.8. The monoisotopic (exact) mass is 371 g/mol. The molecule has 0 amide bonds. The summed E-state index contributed by atoms with van der Waals surface area (Å²) in [6, 6.07) is 8.00. The highest BCUT2D eigenvalue weighted by molar-refractivity contribution is 6.35. The van der Waals surface area contributed by atoms with Gasteiger partial charge in [0, 0.05) is 32.1 Å². The molecule has 1 aromatic carbocycles. The van der Waals surface area contributed by atoms with E-state index < -0.39 is 6.10 Å². The molecule has 7 heteroatoms. The maximum Gasteiger partial charge on any atom is 0.101 e. The van der Waals surface area contributed by atoms with E-state index in [1.165, 1.54) is 0 Å². The number of aliphatic hydroxyl groups is 1. The van der Waals surface area contributed by atoms with Crippen LogP contribution in [0.3, 0.4) is 0 Å². The Balaban J connectivity index is 1.38. The molecule has 1 N–H and O–H groups in total. The van der Waals surface area contributed by atoms with Crippen molar-refractivity contribution in [2.24, 2.45) is 13.0 Å². The zero-order chi connectivity index (χ0) is 17.8. The van der Waals surface area contributed by atoms with Gasteiger partial charge in [-0.3, -0.25) is 14.3 Å². The van der Waals surface area contributed by atoms with E-state index in [-0.39, 0.29) is 0 Å². The highest BCUT2D eigenvalue weighted by atomic mass is 35.5. The molecule has 1 fully saturated rings. The van der Waals surface area contributed by atoms with Gasteiger partial charge in [-0.15, -0.1) is 0 Å². The fourth-order valence-corrected chi connectivity index (χ4v) is 4.23. The number of hydrogen-bond acceptors (Lipinski definition) is 4. The van der Waals surface area contributed by atoms with Crippen molar-refractivity contribution in [1.82, 2.24) is 24.5 Å². The summed E-state index contributed by atoms with van der Waals surface area (Å²) in [4.78, 5) is 2.37. The maximum atomic E-state index is 10.3. The number of halogens is 1. The molecule has 1 saturated carbocycles. The first kappa shape index (κ1) is 16.3. The van der Waals surface area contributed by atoms with Crippen LogP contribution < -0.4 is 0 Å².